The van der Waals surface area contributed by atoms with E-state index in [0.717, 1.165) is 5.56 Å². The second-order valence-corrected chi connectivity index (χ2v) is 7.73. The quantitative estimate of drug-likeness (QED) is 0.643. The Morgan fingerprint density at radius 2 is 1.89 bits per heavy atom. The van der Waals surface area contributed by atoms with Crippen molar-refractivity contribution in [3.05, 3.63) is 54.0 Å². The van der Waals surface area contributed by atoms with Crippen molar-refractivity contribution >= 4 is 21.9 Å². The average molecular weight is 394 g/mol. The van der Waals surface area contributed by atoms with E-state index >= 15 is 0 Å². The number of nitrogens with one attached hydrogen (secondary N) is 1. The third-order valence-electron chi connectivity index (χ3n) is 3.88. The molecule has 1 aromatic carbocycles. The topological polar surface area (TPSA) is 106 Å². The fourth-order valence-corrected chi connectivity index (χ4v) is 2.98. The van der Waals surface area contributed by atoms with Crippen molar-refractivity contribution in [1.82, 2.24) is 9.62 Å². The molecule has 0 fully saturated rings. The van der Waals surface area contributed by atoms with Crippen LogP contribution in [-0.2, 0) is 37.3 Å². The molecule has 1 aromatic heterocycles. The number of hydrogen-bond donors (Lipinski definition) is 1. The minimum Gasteiger partial charge on any atom is -0.467 e. The van der Waals surface area contributed by atoms with Crippen LogP contribution in [0.25, 0.3) is 0 Å². The van der Waals surface area contributed by atoms with Gasteiger partial charge < -0.3 is 14.1 Å². The summed E-state index contributed by atoms with van der Waals surface area (Å²) in [4.78, 5) is 25.3. The zero-order chi connectivity index (χ0) is 19.9. The van der Waals surface area contributed by atoms with Crippen molar-refractivity contribution in [3.63, 3.8) is 0 Å². The lowest BCUT2D eigenvalue weighted by molar-refractivity contribution is -0.151. The molecule has 1 N–H and O–H groups in total. The molecule has 1 amide bonds. The Morgan fingerprint density at radius 1 is 1.19 bits per heavy atom. The number of nitrogens with zero attached hydrogens (tertiary/aromatic N) is 1. The number of carbonyl (C=O) groups excluding carboxylic acids is 2. The standard InChI is InChI=1S/C18H22N2O6S/c1-19-27(23,24)16-8-5-14(6-9-16)7-10-18(22)26-13-17(21)20(2)12-15-4-3-11-25-15/h3-6,8-9,11,19H,7,10,12-13H2,1-2H3. The van der Waals surface area contributed by atoms with Gasteiger partial charge in [-0.25, -0.2) is 13.1 Å². The van der Waals surface area contributed by atoms with E-state index in [4.69, 9.17) is 9.15 Å². The molecular formula is C18H22N2O6S. The highest BCUT2D eigenvalue weighted by atomic mass is 32.2. The number of aryl methyl sites for hydroxylation is 1. The van der Waals surface area contributed by atoms with Crippen molar-refractivity contribution in [2.24, 2.45) is 0 Å². The van der Waals surface area contributed by atoms with E-state index in [2.05, 4.69) is 4.72 Å². The van der Waals surface area contributed by atoms with Crippen molar-refractivity contribution < 1.29 is 27.2 Å². The number of ether oxygens (including phenoxy) is 1. The molecule has 0 aliphatic carbocycles. The van der Waals surface area contributed by atoms with Gasteiger partial charge in [-0.15, -0.1) is 0 Å². The molecule has 146 valence electrons. The first-order valence-electron chi connectivity index (χ1n) is 8.26. The number of hydrogen-bond acceptors (Lipinski definition) is 6. The third-order valence-corrected chi connectivity index (χ3v) is 5.31. The lowest BCUT2D eigenvalue weighted by Crippen LogP contribution is -2.30. The number of carbonyl (C=O) groups is 2. The number of furan rings is 1. The van der Waals surface area contributed by atoms with E-state index in [1.807, 2.05) is 0 Å². The molecule has 2 aromatic rings. The number of rotatable bonds is 9. The van der Waals surface area contributed by atoms with Crippen LogP contribution in [-0.4, -0.2) is 45.9 Å². The normalized spacial score (nSPS) is 11.2. The highest BCUT2D eigenvalue weighted by Crippen LogP contribution is 2.12. The first-order valence-corrected chi connectivity index (χ1v) is 9.74. The van der Waals surface area contributed by atoms with Gasteiger partial charge in [-0.3, -0.25) is 9.59 Å². The maximum Gasteiger partial charge on any atom is 0.306 e. The second kappa shape index (κ2) is 9.33. The van der Waals surface area contributed by atoms with Crippen LogP contribution in [0, 0.1) is 0 Å². The van der Waals surface area contributed by atoms with Gasteiger partial charge in [0.1, 0.15) is 5.76 Å². The number of amides is 1. The van der Waals surface area contributed by atoms with Gasteiger partial charge in [0.2, 0.25) is 10.0 Å². The average Bonchev–Trinajstić information content (AvgIpc) is 3.17. The van der Waals surface area contributed by atoms with E-state index in [1.54, 1.807) is 31.3 Å². The Hall–Kier alpha value is -2.65. The van der Waals surface area contributed by atoms with Gasteiger partial charge in [0.05, 0.1) is 17.7 Å². The second-order valence-electron chi connectivity index (χ2n) is 5.84. The molecule has 0 bridgehead atoms. The summed E-state index contributed by atoms with van der Waals surface area (Å²) in [5.74, 6) is -0.191. The summed E-state index contributed by atoms with van der Waals surface area (Å²) < 4.78 is 35.7. The number of esters is 1. The highest BCUT2D eigenvalue weighted by Gasteiger charge is 2.14. The summed E-state index contributed by atoms with van der Waals surface area (Å²) in [6, 6.07) is 9.70. The number of benzene rings is 1. The van der Waals surface area contributed by atoms with E-state index in [0.29, 0.717) is 18.7 Å². The van der Waals surface area contributed by atoms with Crippen LogP contribution >= 0.6 is 0 Å². The molecule has 0 radical (unpaired) electrons. The van der Waals surface area contributed by atoms with Crippen molar-refractivity contribution in [3.8, 4) is 0 Å². The molecule has 0 spiro atoms. The monoisotopic (exact) mass is 394 g/mol. The molecule has 0 unspecified atom stereocenters. The molecule has 0 atom stereocenters. The van der Waals surface area contributed by atoms with Gasteiger partial charge in [0.25, 0.3) is 5.91 Å². The Kier molecular flexibility index (Phi) is 7.14. The number of likely N-dealkylation sites (N-methyl/N-ethyl adjacent to an activating group) is 1. The minimum absolute atomic E-state index is 0.0906. The van der Waals surface area contributed by atoms with Gasteiger partial charge in [0, 0.05) is 13.5 Å². The lowest BCUT2D eigenvalue weighted by atomic mass is 10.1. The van der Waals surface area contributed by atoms with Gasteiger partial charge in [-0.1, -0.05) is 12.1 Å². The maximum atomic E-state index is 12.0. The molecule has 0 aliphatic heterocycles. The zero-order valence-corrected chi connectivity index (χ0v) is 16.0. The molecule has 27 heavy (non-hydrogen) atoms. The summed E-state index contributed by atoms with van der Waals surface area (Å²) >= 11 is 0. The van der Waals surface area contributed by atoms with Crippen LogP contribution in [0.1, 0.15) is 17.7 Å². The van der Waals surface area contributed by atoms with Crippen LogP contribution in [0.2, 0.25) is 0 Å². The molecule has 1 heterocycles. The van der Waals surface area contributed by atoms with E-state index in [-0.39, 0.29) is 23.8 Å². The van der Waals surface area contributed by atoms with Crippen LogP contribution in [0.15, 0.2) is 52.0 Å². The van der Waals surface area contributed by atoms with Crippen LogP contribution in [0.3, 0.4) is 0 Å². The molecular weight excluding hydrogens is 372 g/mol. The predicted molar refractivity (Wildman–Crippen MR) is 97.1 cm³/mol. The van der Waals surface area contributed by atoms with Gasteiger partial charge in [-0.05, 0) is 43.3 Å². The minimum atomic E-state index is -3.48. The Balaban J connectivity index is 1.75. The first kappa shape index (κ1) is 20.7. The predicted octanol–water partition coefficient (Wildman–Crippen LogP) is 1.32. The summed E-state index contributed by atoms with van der Waals surface area (Å²) in [6.45, 7) is -0.0410. The Bertz CT molecular complexity index is 860. The summed E-state index contributed by atoms with van der Waals surface area (Å²) in [5.41, 5.74) is 0.795. The SMILES string of the molecule is CNS(=O)(=O)c1ccc(CCC(=O)OCC(=O)N(C)Cc2ccco2)cc1. The summed E-state index contributed by atoms with van der Waals surface area (Å²) in [7, 11) is -0.545. The van der Waals surface area contributed by atoms with Crippen molar-refractivity contribution in [2.45, 2.75) is 24.3 Å². The summed E-state index contributed by atoms with van der Waals surface area (Å²) in [6.07, 6.45) is 2.00. The Labute approximate surface area is 158 Å². The molecule has 0 saturated carbocycles. The molecule has 8 nitrogen and oxygen atoms in total. The smallest absolute Gasteiger partial charge is 0.306 e. The fraction of sp³-hybridized carbons (Fsp3) is 0.333. The van der Waals surface area contributed by atoms with Gasteiger partial charge >= 0.3 is 5.97 Å². The van der Waals surface area contributed by atoms with Crippen molar-refractivity contribution in [2.75, 3.05) is 20.7 Å². The molecule has 0 saturated heterocycles. The van der Waals surface area contributed by atoms with E-state index in [1.165, 1.54) is 30.3 Å². The van der Waals surface area contributed by atoms with Crippen LogP contribution in [0.4, 0.5) is 0 Å². The van der Waals surface area contributed by atoms with Crippen LogP contribution < -0.4 is 4.72 Å². The molecule has 2 rings (SSSR count). The maximum absolute atomic E-state index is 12.0. The third kappa shape index (κ3) is 6.22. The van der Waals surface area contributed by atoms with Crippen molar-refractivity contribution in [1.29, 1.82) is 0 Å². The van der Waals surface area contributed by atoms with E-state index < -0.39 is 16.0 Å². The zero-order valence-electron chi connectivity index (χ0n) is 15.2. The molecule has 0 aliphatic rings. The largest absolute Gasteiger partial charge is 0.467 e. The van der Waals surface area contributed by atoms with Crippen LogP contribution in [0.5, 0.6) is 0 Å². The lowest BCUT2D eigenvalue weighted by Gasteiger charge is -2.15. The first-order chi connectivity index (χ1) is 12.8. The van der Waals surface area contributed by atoms with Gasteiger partial charge in [0.15, 0.2) is 6.61 Å². The van der Waals surface area contributed by atoms with Gasteiger partial charge in [-0.2, -0.15) is 0 Å². The Morgan fingerprint density at radius 3 is 2.48 bits per heavy atom. The number of sulfonamides is 1. The summed E-state index contributed by atoms with van der Waals surface area (Å²) in [5, 5.41) is 0. The molecule has 9 heteroatoms. The fourth-order valence-electron chi connectivity index (χ4n) is 2.25. The highest BCUT2D eigenvalue weighted by molar-refractivity contribution is 7.89. The van der Waals surface area contributed by atoms with E-state index in [9.17, 15) is 18.0 Å².